The standard InChI is InChI=1S/C19H26N2O2/c1-13-5-4-6-15(9-13)20-19(22)23-18-11-14-10-16(18)17-7-2-3-8-21(17)12-14/h4-6,9,14,16-18H,2-3,7-8,10-12H2,1H3,(H,20,22)/t14-,16-,17-,18-/m1/s1. The Hall–Kier alpha value is -1.55. The quantitative estimate of drug-likeness (QED) is 0.902. The van der Waals surface area contributed by atoms with E-state index in [1.807, 2.05) is 31.2 Å². The zero-order valence-electron chi connectivity index (χ0n) is 13.8. The van der Waals surface area contributed by atoms with Crippen LogP contribution in [0.3, 0.4) is 0 Å². The van der Waals surface area contributed by atoms with Gasteiger partial charge in [0, 0.05) is 24.2 Å². The van der Waals surface area contributed by atoms with E-state index in [4.69, 9.17) is 4.74 Å². The Balaban J connectivity index is 1.40. The molecule has 1 aromatic rings. The lowest BCUT2D eigenvalue weighted by Crippen LogP contribution is -2.49. The lowest BCUT2D eigenvalue weighted by atomic mass is 9.84. The van der Waals surface area contributed by atoms with E-state index in [2.05, 4.69) is 10.2 Å². The average Bonchev–Trinajstić information content (AvgIpc) is 2.84. The highest BCUT2D eigenvalue weighted by Crippen LogP contribution is 2.45. The van der Waals surface area contributed by atoms with Crippen molar-refractivity contribution in [1.82, 2.24) is 4.90 Å². The lowest BCUT2D eigenvalue weighted by Gasteiger charge is -2.43. The predicted octanol–water partition coefficient (Wildman–Crippen LogP) is 3.81. The van der Waals surface area contributed by atoms with Crippen LogP contribution in [0.2, 0.25) is 0 Å². The molecule has 4 atom stereocenters. The normalized spacial score (nSPS) is 33.1. The summed E-state index contributed by atoms with van der Waals surface area (Å²) in [7, 11) is 0. The maximum atomic E-state index is 12.3. The molecular weight excluding hydrogens is 288 g/mol. The van der Waals surface area contributed by atoms with Gasteiger partial charge in [0.1, 0.15) is 6.10 Å². The topological polar surface area (TPSA) is 41.6 Å². The molecule has 3 aliphatic rings. The number of ether oxygens (including phenoxy) is 1. The van der Waals surface area contributed by atoms with Crippen molar-refractivity contribution in [2.45, 2.75) is 51.2 Å². The Bertz CT molecular complexity index is 588. The lowest BCUT2D eigenvalue weighted by molar-refractivity contribution is 0.0181. The molecule has 3 fully saturated rings. The number of nitrogens with zero attached hydrogens (tertiary/aromatic N) is 1. The maximum absolute atomic E-state index is 12.3. The summed E-state index contributed by atoms with van der Waals surface area (Å²) in [5.41, 5.74) is 1.95. The van der Waals surface area contributed by atoms with E-state index in [0.29, 0.717) is 17.9 Å². The fraction of sp³-hybridized carbons (Fsp3) is 0.632. The number of carbonyl (C=O) groups excluding carboxylic acids is 1. The van der Waals surface area contributed by atoms with Gasteiger partial charge < -0.3 is 4.74 Å². The first-order chi connectivity index (χ1) is 11.2. The monoisotopic (exact) mass is 314 g/mol. The van der Waals surface area contributed by atoms with Gasteiger partial charge in [-0.1, -0.05) is 18.6 Å². The number of rotatable bonds is 2. The van der Waals surface area contributed by atoms with Crippen LogP contribution < -0.4 is 5.32 Å². The summed E-state index contributed by atoms with van der Waals surface area (Å²) >= 11 is 0. The van der Waals surface area contributed by atoms with E-state index in [-0.39, 0.29) is 12.2 Å². The minimum absolute atomic E-state index is 0.0953. The number of anilines is 1. The van der Waals surface area contributed by atoms with E-state index >= 15 is 0 Å². The summed E-state index contributed by atoms with van der Waals surface area (Å²) in [6.07, 6.45) is 6.01. The van der Waals surface area contributed by atoms with Crippen molar-refractivity contribution >= 4 is 11.8 Å². The van der Waals surface area contributed by atoms with Crippen LogP contribution in [0.15, 0.2) is 24.3 Å². The minimum atomic E-state index is -0.296. The third kappa shape index (κ3) is 3.09. The molecular formula is C19H26N2O2. The van der Waals surface area contributed by atoms with Gasteiger partial charge in [0.2, 0.25) is 0 Å². The van der Waals surface area contributed by atoms with Gasteiger partial charge in [0.25, 0.3) is 0 Å². The number of carbonyl (C=O) groups is 1. The summed E-state index contributed by atoms with van der Waals surface area (Å²) in [4.78, 5) is 14.9. The van der Waals surface area contributed by atoms with Crippen LogP contribution in [0, 0.1) is 18.8 Å². The fourth-order valence-electron chi connectivity index (χ4n) is 4.89. The Kier molecular flexibility index (Phi) is 4.02. The molecule has 1 aromatic carbocycles. The predicted molar refractivity (Wildman–Crippen MR) is 90.5 cm³/mol. The summed E-state index contributed by atoms with van der Waals surface area (Å²) in [6.45, 7) is 4.47. The number of fused-ring (bicyclic) bond motifs is 4. The van der Waals surface area contributed by atoms with Crippen LogP contribution >= 0.6 is 0 Å². The minimum Gasteiger partial charge on any atom is -0.446 e. The summed E-state index contributed by atoms with van der Waals surface area (Å²) < 4.78 is 5.84. The van der Waals surface area contributed by atoms with Gasteiger partial charge in [-0.2, -0.15) is 0 Å². The number of hydrogen-bond acceptors (Lipinski definition) is 3. The van der Waals surface area contributed by atoms with Crippen LogP contribution in [-0.4, -0.2) is 36.2 Å². The molecule has 0 aromatic heterocycles. The molecule has 124 valence electrons. The molecule has 4 rings (SSSR count). The Morgan fingerprint density at radius 3 is 3.09 bits per heavy atom. The van der Waals surface area contributed by atoms with E-state index in [1.165, 1.54) is 38.8 Å². The zero-order chi connectivity index (χ0) is 15.8. The molecule has 0 unspecified atom stereocenters. The van der Waals surface area contributed by atoms with E-state index in [9.17, 15) is 4.79 Å². The second kappa shape index (κ2) is 6.16. The van der Waals surface area contributed by atoms with Crippen molar-refractivity contribution in [3.63, 3.8) is 0 Å². The first-order valence-corrected chi connectivity index (χ1v) is 8.97. The first kappa shape index (κ1) is 15.0. The molecule has 0 spiro atoms. The van der Waals surface area contributed by atoms with Gasteiger partial charge in [0.15, 0.2) is 0 Å². The molecule has 4 heteroatoms. The number of benzene rings is 1. The molecule has 1 amide bonds. The van der Waals surface area contributed by atoms with Crippen LogP contribution in [-0.2, 0) is 4.74 Å². The van der Waals surface area contributed by atoms with Crippen molar-refractivity contribution in [2.75, 3.05) is 18.4 Å². The van der Waals surface area contributed by atoms with Gasteiger partial charge in [0.05, 0.1) is 0 Å². The van der Waals surface area contributed by atoms with Crippen LogP contribution in [0.1, 0.15) is 37.7 Å². The van der Waals surface area contributed by atoms with Gasteiger partial charge in [-0.05, 0) is 62.8 Å². The smallest absolute Gasteiger partial charge is 0.411 e. The fourth-order valence-corrected chi connectivity index (χ4v) is 4.89. The SMILES string of the molecule is Cc1cccc(NC(=O)O[C@@H]2C[C@H]3C[C@@H]2[C@H]2CCCCN2C3)c1. The Morgan fingerprint density at radius 2 is 2.22 bits per heavy atom. The molecule has 1 saturated carbocycles. The number of nitrogens with one attached hydrogen (secondary N) is 1. The van der Waals surface area contributed by atoms with Gasteiger partial charge in [-0.25, -0.2) is 4.79 Å². The molecule has 1 N–H and O–H groups in total. The summed E-state index contributed by atoms with van der Waals surface area (Å²) in [5.74, 6) is 1.25. The molecule has 2 aliphatic heterocycles. The molecule has 2 bridgehead atoms. The number of aryl methyl sites for hydroxylation is 1. The zero-order valence-corrected chi connectivity index (χ0v) is 13.8. The highest BCUT2D eigenvalue weighted by molar-refractivity contribution is 5.84. The summed E-state index contributed by atoms with van der Waals surface area (Å²) in [5, 5.41) is 2.89. The van der Waals surface area contributed by atoms with Gasteiger partial charge >= 0.3 is 6.09 Å². The van der Waals surface area contributed by atoms with Gasteiger partial charge in [-0.15, -0.1) is 0 Å². The van der Waals surface area contributed by atoms with E-state index in [0.717, 1.165) is 17.7 Å². The third-order valence-electron chi connectivity index (χ3n) is 5.82. The molecule has 23 heavy (non-hydrogen) atoms. The molecule has 2 heterocycles. The molecule has 1 aliphatic carbocycles. The Morgan fingerprint density at radius 1 is 1.30 bits per heavy atom. The summed E-state index contributed by atoms with van der Waals surface area (Å²) in [6, 6.07) is 8.49. The number of amides is 1. The van der Waals surface area contributed by atoms with Crippen LogP contribution in [0.25, 0.3) is 0 Å². The highest BCUT2D eigenvalue weighted by atomic mass is 16.6. The van der Waals surface area contributed by atoms with Crippen molar-refractivity contribution < 1.29 is 9.53 Å². The largest absolute Gasteiger partial charge is 0.446 e. The van der Waals surface area contributed by atoms with Crippen molar-refractivity contribution in [3.05, 3.63) is 29.8 Å². The van der Waals surface area contributed by atoms with E-state index < -0.39 is 0 Å². The number of hydrogen-bond donors (Lipinski definition) is 1. The number of piperidine rings is 2. The second-order valence-corrected chi connectivity index (χ2v) is 7.50. The molecule has 4 nitrogen and oxygen atoms in total. The first-order valence-electron chi connectivity index (χ1n) is 8.97. The average molecular weight is 314 g/mol. The van der Waals surface area contributed by atoms with Gasteiger partial charge in [-0.3, -0.25) is 10.2 Å². The Labute approximate surface area is 138 Å². The second-order valence-electron chi connectivity index (χ2n) is 7.50. The van der Waals surface area contributed by atoms with Crippen molar-refractivity contribution in [2.24, 2.45) is 11.8 Å². The third-order valence-corrected chi connectivity index (χ3v) is 5.82. The van der Waals surface area contributed by atoms with Crippen LogP contribution in [0.4, 0.5) is 10.5 Å². The highest BCUT2D eigenvalue weighted by Gasteiger charge is 2.48. The van der Waals surface area contributed by atoms with Crippen molar-refractivity contribution in [1.29, 1.82) is 0 Å². The van der Waals surface area contributed by atoms with E-state index in [1.54, 1.807) is 0 Å². The molecule has 2 saturated heterocycles. The van der Waals surface area contributed by atoms with Crippen molar-refractivity contribution in [3.8, 4) is 0 Å². The molecule has 0 radical (unpaired) electrons. The van der Waals surface area contributed by atoms with Crippen LogP contribution in [0.5, 0.6) is 0 Å². The maximum Gasteiger partial charge on any atom is 0.411 e.